The van der Waals surface area contributed by atoms with Crippen molar-refractivity contribution in [2.24, 2.45) is 5.10 Å². The third kappa shape index (κ3) is 4.24. The average Bonchev–Trinajstić information content (AvgIpc) is 2.74. The highest BCUT2D eigenvalue weighted by Gasteiger charge is 2.11. The molecule has 102 valence electrons. The van der Waals surface area contributed by atoms with Gasteiger partial charge in [0.1, 0.15) is 5.71 Å². The van der Waals surface area contributed by atoms with Crippen LogP contribution < -0.4 is 5.43 Å². The Labute approximate surface area is 119 Å². The van der Waals surface area contributed by atoms with Gasteiger partial charge >= 0.3 is 0 Å². The Morgan fingerprint density at radius 1 is 1.21 bits per heavy atom. The van der Waals surface area contributed by atoms with Gasteiger partial charge in [-0.3, -0.25) is 5.43 Å². The van der Waals surface area contributed by atoms with E-state index < -0.39 is 0 Å². The smallest absolute Gasteiger partial charge is 0.189 e. The first kappa shape index (κ1) is 13.9. The second kappa shape index (κ2) is 7.13. The molecule has 0 amide bonds. The first-order valence-electron chi connectivity index (χ1n) is 6.64. The lowest BCUT2D eigenvalue weighted by Gasteiger charge is -2.22. The minimum absolute atomic E-state index is 0.619. The van der Waals surface area contributed by atoms with Gasteiger partial charge in [0.15, 0.2) is 10.9 Å². The third-order valence-electron chi connectivity index (χ3n) is 3.10. The number of likely N-dealkylation sites (tertiary alicyclic amines) is 1. The molecule has 0 unspecified atom stereocenters. The van der Waals surface area contributed by atoms with Crippen LogP contribution in [0.15, 0.2) is 23.6 Å². The SMILES string of the molecule is CC(=NNC(=S)N1CCCCCC1)c1ncccn1. The number of aromatic nitrogens is 2. The quantitative estimate of drug-likeness (QED) is 0.509. The molecule has 2 rings (SSSR count). The van der Waals surface area contributed by atoms with Crippen molar-refractivity contribution >= 4 is 23.0 Å². The molecule has 1 aromatic rings. The van der Waals surface area contributed by atoms with Gasteiger partial charge in [-0.15, -0.1) is 0 Å². The summed E-state index contributed by atoms with van der Waals surface area (Å²) in [6.45, 7) is 3.90. The standard InChI is InChI=1S/C13H19N5S/c1-11(12-14-7-6-8-15-12)16-17-13(19)18-9-4-2-3-5-10-18/h6-8H,2-5,9-10H2,1H3,(H,17,19). The van der Waals surface area contributed by atoms with Crippen LogP contribution in [0.2, 0.25) is 0 Å². The lowest BCUT2D eigenvalue weighted by molar-refractivity contribution is 0.428. The van der Waals surface area contributed by atoms with E-state index in [4.69, 9.17) is 12.2 Å². The molecule has 0 bridgehead atoms. The highest BCUT2D eigenvalue weighted by atomic mass is 32.1. The van der Waals surface area contributed by atoms with Gasteiger partial charge in [-0.2, -0.15) is 5.10 Å². The fourth-order valence-corrected chi connectivity index (χ4v) is 2.24. The van der Waals surface area contributed by atoms with Gasteiger partial charge in [-0.05, 0) is 38.0 Å². The predicted octanol–water partition coefficient (Wildman–Crippen LogP) is 1.95. The second-order valence-electron chi connectivity index (χ2n) is 4.59. The largest absolute Gasteiger partial charge is 0.348 e. The van der Waals surface area contributed by atoms with E-state index in [0.717, 1.165) is 18.8 Å². The molecule has 0 spiro atoms. The summed E-state index contributed by atoms with van der Waals surface area (Å²) in [5.74, 6) is 0.619. The Morgan fingerprint density at radius 2 is 1.84 bits per heavy atom. The van der Waals surface area contributed by atoms with Crippen molar-refractivity contribution in [3.05, 3.63) is 24.3 Å². The lowest BCUT2D eigenvalue weighted by Crippen LogP contribution is -2.38. The van der Waals surface area contributed by atoms with E-state index in [9.17, 15) is 0 Å². The molecule has 0 radical (unpaired) electrons. The summed E-state index contributed by atoms with van der Waals surface area (Å²) in [5, 5.41) is 4.95. The number of hydrogen-bond donors (Lipinski definition) is 1. The van der Waals surface area contributed by atoms with E-state index in [2.05, 4.69) is 25.4 Å². The number of rotatable bonds is 2. The highest BCUT2D eigenvalue weighted by Crippen LogP contribution is 2.09. The van der Waals surface area contributed by atoms with Crippen molar-refractivity contribution in [2.45, 2.75) is 32.6 Å². The summed E-state index contributed by atoms with van der Waals surface area (Å²) in [7, 11) is 0. The molecule has 0 aromatic carbocycles. The predicted molar refractivity (Wildman–Crippen MR) is 80.0 cm³/mol. The molecule has 5 nitrogen and oxygen atoms in total. The van der Waals surface area contributed by atoms with E-state index in [0.29, 0.717) is 10.9 Å². The molecule has 19 heavy (non-hydrogen) atoms. The fraction of sp³-hybridized carbons (Fsp3) is 0.538. The first-order chi connectivity index (χ1) is 9.27. The van der Waals surface area contributed by atoms with Gasteiger partial charge in [0.2, 0.25) is 0 Å². The Hall–Kier alpha value is -1.56. The molecular formula is C13H19N5S. The minimum Gasteiger partial charge on any atom is -0.348 e. The summed E-state index contributed by atoms with van der Waals surface area (Å²) < 4.78 is 0. The van der Waals surface area contributed by atoms with Crippen molar-refractivity contribution in [1.29, 1.82) is 0 Å². The van der Waals surface area contributed by atoms with Gasteiger partial charge in [0.25, 0.3) is 0 Å². The Kier molecular flexibility index (Phi) is 5.20. The Morgan fingerprint density at radius 3 is 2.47 bits per heavy atom. The average molecular weight is 277 g/mol. The van der Waals surface area contributed by atoms with Crippen molar-refractivity contribution in [1.82, 2.24) is 20.3 Å². The van der Waals surface area contributed by atoms with Gasteiger partial charge in [-0.25, -0.2) is 9.97 Å². The zero-order chi connectivity index (χ0) is 13.5. The maximum atomic E-state index is 5.37. The second-order valence-corrected chi connectivity index (χ2v) is 4.97. The van der Waals surface area contributed by atoms with Gasteiger partial charge in [0, 0.05) is 25.5 Å². The van der Waals surface area contributed by atoms with Crippen LogP contribution in [0.25, 0.3) is 0 Å². The summed E-state index contributed by atoms with van der Waals surface area (Å²) in [6, 6.07) is 1.78. The zero-order valence-corrected chi connectivity index (χ0v) is 12.0. The third-order valence-corrected chi connectivity index (χ3v) is 3.45. The van der Waals surface area contributed by atoms with Gasteiger partial charge in [0.05, 0.1) is 0 Å². The molecule has 1 aromatic heterocycles. The van der Waals surface area contributed by atoms with E-state index in [1.807, 2.05) is 6.92 Å². The van der Waals surface area contributed by atoms with Crippen LogP contribution in [0.1, 0.15) is 38.4 Å². The molecule has 1 N–H and O–H groups in total. The van der Waals surface area contributed by atoms with E-state index in [-0.39, 0.29) is 0 Å². The topological polar surface area (TPSA) is 53.4 Å². The number of nitrogens with zero attached hydrogens (tertiary/aromatic N) is 4. The van der Waals surface area contributed by atoms with Crippen LogP contribution >= 0.6 is 12.2 Å². The summed E-state index contributed by atoms with van der Waals surface area (Å²) in [5.41, 5.74) is 3.68. The molecular weight excluding hydrogens is 258 g/mol. The Bertz CT molecular complexity index is 438. The normalized spacial score (nSPS) is 16.9. The molecule has 6 heteroatoms. The fourth-order valence-electron chi connectivity index (χ4n) is 2.01. The van der Waals surface area contributed by atoms with Crippen molar-refractivity contribution in [2.75, 3.05) is 13.1 Å². The summed E-state index contributed by atoms with van der Waals surface area (Å²) in [6.07, 6.45) is 8.39. The molecule has 2 heterocycles. The van der Waals surface area contributed by atoms with Crippen LogP contribution in [-0.2, 0) is 0 Å². The number of thiocarbonyl (C=S) groups is 1. The molecule has 1 fully saturated rings. The molecule has 1 aliphatic rings. The van der Waals surface area contributed by atoms with E-state index in [1.165, 1.54) is 25.7 Å². The number of nitrogens with one attached hydrogen (secondary N) is 1. The van der Waals surface area contributed by atoms with Gasteiger partial charge < -0.3 is 4.90 Å². The monoisotopic (exact) mass is 277 g/mol. The van der Waals surface area contributed by atoms with Crippen LogP contribution in [0.3, 0.4) is 0 Å². The first-order valence-corrected chi connectivity index (χ1v) is 7.05. The molecule has 0 saturated carbocycles. The number of hydrazone groups is 1. The van der Waals surface area contributed by atoms with Crippen molar-refractivity contribution < 1.29 is 0 Å². The lowest BCUT2D eigenvalue weighted by atomic mass is 10.2. The van der Waals surface area contributed by atoms with E-state index >= 15 is 0 Å². The number of hydrogen-bond acceptors (Lipinski definition) is 4. The molecule has 0 atom stereocenters. The highest BCUT2D eigenvalue weighted by molar-refractivity contribution is 7.80. The van der Waals surface area contributed by atoms with Gasteiger partial charge in [-0.1, -0.05) is 12.8 Å². The van der Waals surface area contributed by atoms with Crippen molar-refractivity contribution in [3.8, 4) is 0 Å². The molecule has 1 saturated heterocycles. The molecule has 0 aliphatic carbocycles. The Balaban J connectivity index is 1.91. The zero-order valence-electron chi connectivity index (χ0n) is 11.2. The van der Waals surface area contributed by atoms with Crippen LogP contribution in [0.4, 0.5) is 0 Å². The summed E-state index contributed by atoms with van der Waals surface area (Å²) >= 11 is 5.37. The maximum absolute atomic E-state index is 5.37. The van der Waals surface area contributed by atoms with Crippen LogP contribution in [0, 0.1) is 0 Å². The maximum Gasteiger partial charge on any atom is 0.189 e. The van der Waals surface area contributed by atoms with Crippen molar-refractivity contribution in [3.63, 3.8) is 0 Å². The van der Waals surface area contributed by atoms with Crippen LogP contribution in [-0.4, -0.2) is 38.8 Å². The summed E-state index contributed by atoms with van der Waals surface area (Å²) in [4.78, 5) is 10.5. The van der Waals surface area contributed by atoms with E-state index in [1.54, 1.807) is 18.5 Å². The minimum atomic E-state index is 0.619. The molecule has 1 aliphatic heterocycles. The van der Waals surface area contributed by atoms with Crippen LogP contribution in [0.5, 0.6) is 0 Å².